The summed E-state index contributed by atoms with van der Waals surface area (Å²) in [6.45, 7) is -0.831. The van der Waals surface area contributed by atoms with Crippen molar-refractivity contribution in [1.29, 1.82) is 0 Å². The fourth-order valence-corrected chi connectivity index (χ4v) is 2.69. The number of aromatic nitrogens is 1. The molecule has 23 heavy (non-hydrogen) atoms. The molecule has 0 saturated heterocycles. The number of aromatic amines is 1. The topological polar surface area (TPSA) is 134 Å². The normalized spacial score (nSPS) is 18.3. The second-order valence-electron chi connectivity index (χ2n) is 5.45. The van der Waals surface area contributed by atoms with Gasteiger partial charge in [0.1, 0.15) is 18.3 Å². The standard InChI is InChI=1S/C15H19NO6S/c17-7-11(18)12(19)13(20)15(22,14(21)23)5-8-6-16-10-4-2-1-3-9(8)10/h1-4,6,11-13,16-20,22H,5,7H2,(H,21,23)/t11-,12-,13+,15-/m1/s1. The molecule has 0 amide bonds. The number of carbonyl (C=O) groups is 1. The molecule has 0 saturated carbocycles. The molecule has 0 fully saturated rings. The fourth-order valence-electron chi connectivity index (χ4n) is 2.48. The fraction of sp³-hybridized carbons (Fsp3) is 0.400. The van der Waals surface area contributed by atoms with E-state index in [0.29, 0.717) is 5.56 Å². The van der Waals surface area contributed by atoms with Gasteiger partial charge in [-0.15, -0.1) is 12.6 Å². The number of para-hydroxylation sites is 1. The van der Waals surface area contributed by atoms with Crippen LogP contribution in [0.5, 0.6) is 0 Å². The first-order chi connectivity index (χ1) is 10.8. The van der Waals surface area contributed by atoms with Crippen molar-refractivity contribution in [2.24, 2.45) is 0 Å². The molecule has 4 atom stereocenters. The molecule has 6 N–H and O–H groups in total. The van der Waals surface area contributed by atoms with Crippen LogP contribution in [-0.4, -0.2) is 66.2 Å². The van der Waals surface area contributed by atoms with Crippen LogP contribution in [0, 0.1) is 0 Å². The molecule has 2 aromatic rings. The maximum absolute atomic E-state index is 11.8. The summed E-state index contributed by atoms with van der Waals surface area (Å²) in [4.78, 5) is 14.7. The maximum Gasteiger partial charge on any atom is 0.220 e. The Morgan fingerprint density at radius 1 is 1.26 bits per heavy atom. The third kappa shape index (κ3) is 3.42. The molecule has 8 heteroatoms. The van der Waals surface area contributed by atoms with Crippen molar-refractivity contribution in [3.05, 3.63) is 36.0 Å². The molecule has 0 spiro atoms. The number of rotatable bonds is 7. The van der Waals surface area contributed by atoms with Crippen molar-refractivity contribution >= 4 is 28.6 Å². The van der Waals surface area contributed by atoms with Gasteiger partial charge in [0.15, 0.2) is 5.60 Å². The van der Waals surface area contributed by atoms with Gasteiger partial charge in [-0.2, -0.15) is 0 Å². The lowest BCUT2D eigenvalue weighted by Crippen LogP contribution is -2.58. The van der Waals surface area contributed by atoms with Crippen LogP contribution in [-0.2, 0) is 11.2 Å². The molecular weight excluding hydrogens is 322 g/mol. The van der Waals surface area contributed by atoms with Gasteiger partial charge in [0.25, 0.3) is 0 Å². The molecule has 0 aliphatic heterocycles. The molecule has 0 unspecified atom stereocenters. The van der Waals surface area contributed by atoms with Crippen LogP contribution in [0.15, 0.2) is 30.5 Å². The number of aliphatic hydroxyl groups is 5. The van der Waals surface area contributed by atoms with Gasteiger partial charge >= 0.3 is 0 Å². The summed E-state index contributed by atoms with van der Waals surface area (Å²) in [7, 11) is 0. The molecule has 0 aliphatic carbocycles. The Hall–Kier alpha value is -1.42. The second kappa shape index (κ2) is 7.00. The number of hydrogen-bond acceptors (Lipinski definition) is 6. The van der Waals surface area contributed by atoms with Crippen molar-refractivity contribution in [2.75, 3.05) is 6.61 Å². The Kier molecular flexibility index (Phi) is 5.45. The van der Waals surface area contributed by atoms with Gasteiger partial charge in [-0.3, -0.25) is 4.79 Å². The van der Waals surface area contributed by atoms with Crippen molar-refractivity contribution < 1.29 is 30.3 Å². The number of H-pyrrole nitrogens is 1. The first-order valence-electron chi connectivity index (χ1n) is 6.97. The average Bonchev–Trinajstić information content (AvgIpc) is 2.95. The molecular formula is C15H19NO6S. The smallest absolute Gasteiger partial charge is 0.220 e. The summed E-state index contributed by atoms with van der Waals surface area (Å²) in [5.74, 6) is 0. The van der Waals surface area contributed by atoms with Gasteiger partial charge in [-0.1, -0.05) is 18.2 Å². The summed E-state index contributed by atoms with van der Waals surface area (Å²) in [5, 5.41) is 48.4. The molecule has 1 heterocycles. The summed E-state index contributed by atoms with van der Waals surface area (Å²) >= 11 is 3.60. The van der Waals surface area contributed by atoms with Gasteiger partial charge in [-0.05, 0) is 11.6 Å². The van der Waals surface area contributed by atoms with Crippen LogP contribution in [0.1, 0.15) is 5.56 Å². The third-order valence-electron chi connectivity index (χ3n) is 3.90. The SMILES string of the molecule is O=C(S)[C@@](O)(Cc1c[nH]c2ccccc12)[C@@H](O)[C@H](O)[C@H](O)CO. The van der Waals surface area contributed by atoms with Crippen LogP contribution in [0.4, 0.5) is 0 Å². The minimum atomic E-state index is -2.43. The molecule has 126 valence electrons. The van der Waals surface area contributed by atoms with E-state index in [1.165, 1.54) is 0 Å². The van der Waals surface area contributed by atoms with Crippen LogP contribution in [0.25, 0.3) is 10.9 Å². The molecule has 1 aromatic carbocycles. The summed E-state index contributed by atoms with van der Waals surface area (Å²) < 4.78 is 0. The van der Waals surface area contributed by atoms with E-state index in [2.05, 4.69) is 17.6 Å². The van der Waals surface area contributed by atoms with Gasteiger partial charge < -0.3 is 30.5 Å². The molecule has 0 radical (unpaired) electrons. The van der Waals surface area contributed by atoms with E-state index < -0.39 is 35.6 Å². The van der Waals surface area contributed by atoms with E-state index >= 15 is 0 Å². The Bertz CT molecular complexity index is 689. The first-order valence-corrected chi connectivity index (χ1v) is 7.41. The monoisotopic (exact) mass is 341 g/mol. The minimum absolute atomic E-state index is 0.324. The number of benzene rings is 1. The summed E-state index contributed by atoms with van der Waals surface area (Å²) in [5.41, 5.74) is -1.11. The predicted molar refractivity (Wildman–Crippen MR) is 86.1 cm³/mol. The number of fused-ring (bicyclic) bond motifs is 1. The van der Waals surface area contributed by atoms with E-state index in [1.807, 2.05) is 6.07 Å². The number of carbonyl (C=O) groups excluding carboxylic acids is 1. The summed E-state index contributed by atoms with van der Waals surface area (Å²) in [6.07, 6.45) is -4.38. The number of thiol groups is 1. The first kappa shape index (κ1) is 17.9. The van der Waals surface area contributed by atoms with E-state index in [-0.39, 0.29) is 6.42 Å². The van der Waals surface area contributed by atoms with Crippen molar-refractivity contribution in [3.8, 4) is 0 Å². The third-order valence-corrected chi connectivity index (χ3v) is 4.29. The van der Waals surface area contributed by atoms with Crippen molar-refractivity contribution in [1.82, 2.24) is 4.98 Å². The van der Waals surface area contributed by atoms with Gasteiger partial charge in [-0.25, -0.2) is 0 Å². The lowest BCUT2D eigenvalue weighted by Gasteiger charge is -2.34. The molecule has 7 nitrogen and oxygen atoms in total. The quantitative estimate of drug-likeness (QED) is 0.322. The zero-order valence-electron chi connectivity index (χ0n) is 12.1. The highest BCUT2D eigenvalue weighted by molar-refractivity contribution is 7.96. The van der Waals surface area contributed by atoms with E-state index in [1.54, 1.807) is 24.4 Å². The lowest BCUT2D eigenvalue weighted by molar-refractivity contribution is -0.166. The van der Waals surface area contributed by atoms with Crippen LogP contribution >= 0.6 is 12.6 Å². The van der Waals surface area contributed by atoms with Crippen LogP contribution in [0.2, 0.25) is 0 Å². The van der Waals surface area contributed by atoms with Gasteiger partial charge in [0.2, 0.25) is 5.12 Å². The zero-order chi connectivity index (χ0) is 17.2. The number of nitrogens with one attached hydrogen (secondary N) is 1. The Labute approximate surface area is 137 Å². The van der Waals surface area contributed by atoms with Crippen LogP contribution < -0.4 is 0 Å². The molecule has 0 aliphatic rings. The number of aliphatic hydroxyl groups excluding tert-OH is 4. The second-order valence-corrected chi connectivity index (χ2v) is 5.86. The average molecular weight is 341 g/mol. The van der Waals surface area contributed by atoms with E-state index in [0.717, 1.165) is 10.9 Å². The Balaban J connectivity index is 2.35. The van der Waals surface area contributed by atoms with Gasteiger partial charge in [0.05, 0.1) is 6.61 Å². The van der Waals surface area contributed by atoms with E-state index in [9.17, 15) is 25.2 Å². The molecule has 2 rings (SSSR count). The molecule has 0 bridgehead atoms. The van der Waals surface area contributed by atoms with Gasteiger partial charge in [0, 0.05) is 23.5 Å². The van der Waals surface area contributed by atoms with Crippen molar-refractivity contribution in [3.63, 3.8) is 0 Å². The number of hydrogen-bond donors (Lipinski definition) is 7. The largest absolute Gasteiger partial charge is 0.394 e. The highest BCUT2D eigenvalue weighted by Gasteiger charge is 2.47. The Morgan fingerprint density at radius 3 is 2.52 bits per heavy atom. The van der Waals surface area contributed by atoms with Crippen molar-refractivity contribution in [2.45, 2.75) is 30.3 Å². The molecule has 1 aromatic heterocycles. The maximum atomic E-state index is 11.8. The summed E-state index contributed by atoms with van der Waals surface area (Å²) in [6, 6.07) is 7.17. The Morgan fingerprint density at radius 2 is 1.91 bits per heavy atom. The zero-order valence-corrected chi connectivity index (χ0v) is 13.0. The predicted octanol–water partition coefficient (Wildman–Crippen LogP) is -1.03. The van der Waals surface area contributed by atoms with E-state index in [4.69, 9.17) is 5.11 Å². The lowest BCUT2D eigenvalue weighted by atomic mass is 9.85. The minimum Gasteiger partial charge on any atom is -0.394 e. The highest BCUT2D eigenvalue weighted by atomic mass is 32.1. The van der Waals surface area contributed by atoms with Crippen LogP contribution in [0.3, 0.4) is 0 Å². The highest BCUT2D eigenvalue weighted by Crippen LogP contribution is 2.28.